The van der Waals surface area contributed by atoms with Crippen LogP contribution in [0.3, 0.4) is 0 Å². The zero-order chi connectivity index (χ0) is 17.4. The van der Waals surface area contributed by atoms with Crippen LogP contribution in [0.1, 0.15) is 15.9 Å². The van der Waals surface area contributed by atoms with Crippen molar-refractivity contribution in [1.29, 1.82) is 0 Å². The van der Waals surface area contributed by atoms with E-state index in [1.165, 1.54) is 0 Å². The summed E-state index contributed by atoms with van der Waals surface area (Å²) in [6.45, 7) is 1.99. The summed E-state index contributed by atoms with van der Waals surface area (Å²) in [4.78, 5) is 23.0. The van der Waals surface area contributed by atoms with Gasteiger partial charge in [0.1, 0.15) is 18.3 Å². The third kappa shape index (κ3) is 2.55. The lowest BCUT2D eigenvalue weighted by Gasteiger charge is -2.08. The number of H-pyrrole nitrogens is 1. The molecule has 0 aliphatic carbocycles. The Bertz CT molecular complexity index is 1080. The average molecular weight is 328 g/mol. The average Bonchev–Trinajstić information content (AvgIpc) is 3.08. The predicted molar refractivity (Wildman–Crippen MR) is 99.3 cm³/mol. The van der Waals surface area contributed by atoms with Crippen LogP contribution < -0.4 is 5.73 Å². The van der Waals surface area contributed by atoms with Gasteiger partial charge in [-0.3, -0.25) is 4.79 Å². The Morgan fingerprint density at radius 2 is 1.88 bits per heavy atom. The molecule has 25 heavy (non-hydrogen) atoms. The zero-order valence-corrected chi connectivity index (χ0v) is 13.7. The highest BCUT2D eigenvalue weighted by atomic mass is 16.1. The van der Waals surface area contributed by atoms with Gasteiger partial charge in [-0.25, -0.2) is 9.97 Å². The van der Waals surface area contributed by atoms with Crippen molar-refractivity contribution in [3.8, 4) is 22.5 Å². The summed E-state index contributed by atoms with van der Waals surface area (Å²) in [5.74, 6) is 0. The molecule has 2 heterocycles. The van der Waals surface area contributed by atoms with Gasteiger partial charge in [0, 0.05) is 27.9 Å². The van der Waals surface area contributed by atoms with Crippen LogP contribution in [0.25, 0.3) is 33.5 Å². The van der Waals surface area contributed by atoms with E-state index in [0.29, 0.717) is 5.56 Å². The molecule has 0 fully saturated rings. The first-order valence-electron chi connectivity index (χ1n) is 7.92. The Kier molecular flexibility index (Phi) is 3.54. The summed E-state index contributed by atoms with van der Waals surface area (Å²) >= 11 is 0. The lowest BCUT2D eigenvalue weighted by atomic mass is 10.0. The second kappa shape index (κ2) is 5.87. The van der Waals surface area contributed by atoms with Crippen LogP contribution in [0, 0.1) is 6.92 Å². The molecule has 122 valence electrons. The van der Waals surface area contributed by atoms with E-state index in [2.05, 4.69) is 15.0 Å². The Balaban J connectivity index is 1.89. The van der Waals surface area contributed by atoms with E-state index >= 15 is 0 Å². The Morgan fingerprint density at radius 1 is 1.08 bits per heavy atom. The standard InChI is InChI=1S/C20H16N4O/c1-12-15(3-2-4-17(12)21)19-16-9-18(24-20(16)23-11-22-19)14-7-5-13(10-25)6-8-14/h2-11H,21H2,1H3,(H,22,23,24). The van der Waals surface area contributed by atoms with E-state index in [1.807, 2.05) is 43.3 Å². The third-order valence-corrected chi connectivity index (χ3v) is 4.41. The molecule has 0 saturated heterocycles. The summed E-state index contributed by atoms with van der Waals surface area (Å²) in [6.07, 6.45) is 2.39. The molecule has 0 bridgehead atoms. The topological polar surface area (TPSA) is 84.7 Å². The van der Waals surface area contributed by atoms with Crippen LogP contribution in [-0.4, -0.2) is 21.2 Å². The minimum Gasteiger partial charge on any atom is -0.398 e. The summed E-state index contributed by atoms with van der Waals surface area (Å²) in [6, 6.07) is 15.3. The van der Waals surface area contributed by atoms with Crippen molar-refractivity contribution in [2.24, 2.45) is 0 Å². The normalized spacial score (nSPS) is 10.9. The number of nitrogens with one attached hydrogen (secondary N) is 1. The predicted octanol–water partition coefficient (Wildman–Crippen LogP) is 4.00. The van der Waals surface area contributed by atoms with Gasteiger partial charge in [-0.2, -0.15) is 0 Å². The van der Waals surface area contributed by atoms with E-state index in [9.17, 15) is 4.79 Å². The maximum atomic E-state index is 10.8. The molecule has 0 unspecified atom stereocenters. The number of carbonyl (C=O) groups is 1. The largest absolute Gasteiger partial charge is 0.398 e. The lowest BCUT2D eigenvalue weighted by Crippen LogP contribution is -1.94. The third-order valence-electron chi connectivity index (χ3n) is 4.41. The lowest BCUT2D eigenvalue weighted by molar-refractivity contribution is 0.112. The van der Waals surface area contributed by atoms with Crippen molar-refractivity contribution < 1.29 is 4.79 Å². The number of rotatable bonds is 3. The van der Waals surface area contributed by atoms with Crippen LogP contribution in [0.2, 0.25) is 0 Å². The first-order chi connectivity index (χ1) is 12.2. The van der Waals surface area contributed by atoms with Gasteiger partial charge in [-0.1, -0.05) is 36.4 Å². The number of aldehydes is 1. The number of nitrogens with zero attached hydrogens (tertiary/aromatic N) is 2. The summed E-state index contributed by atoms with van der Waals surface area (Å²) in [5, 5.41) is 0.936. The molecule has 5 nitrogen and oxygen atoms in total. The quantitative estimate of drug-likeness (QED) is 0.440. The first-order valence-corrected chi connectivity index (χ1v) is 7.92. The molecule has 0 atom stereocenters. The van der Waals surface area contributed by atoms with E-state index in [-0.39, 0.29) is 0 Å². The van der Waals surface area contributed by atoms with E-state index in [0.717, 1.165) is 51.1 Å². The molecule has 0 spiro atoms. The molecule has 0 amide bonds. The van der Waals surface area contributed by atoms with Crippen molar-refractivity contribution in [2.75, 3.05) is 5.73 Å². The van der Waals surface area contributed by atoms with Crippen LogP contribution >= 0.6 is 0 Å². The fraction of sp³-hybridized carbons (Fsp3) is 0.0500. The number of carbonyl (C=O) groups excluding carboxylic acids is 1. The van der Waals surface area contributed by atoms with Gasteiger partial charge in [0.15, 0.2) is 0 Å². The van der Waals surface area contributed by atoms with Gasteiger partial charge in [-0.15, -0.1) is 0 Å². The van der Waals surface area contributed by atoms with Crippen molar-refractivity contribution in [2.45, 2.75) is 6.92 Å². The monoisotopic (exact) mass is 328 g/mol. The molecule has 3 N–H and O–H groups in total. The molecular formula is C20H16N4O. The van der Waals surface area contributed by atoms with Crippen LogP contribution in [0.5, 0.6) is 0 Å². The summed E-state index contributed by atoms with van der Waals surface area (Å²) in [5.41, 5.74) is 13.0. The van der Waals surface area contributed by atoms with E-state index in [4.69, 9.17) is 5.73 Å². The Hall–Kier alpha value is -3.47. The maximum Gasteiger partial charge on any atom is 0.150 e. The Morgan fingerprint density at radius 3 is 2.64 bits per heavy atom. The highest BCUT2D eigenvalue weighted by molar-refractivity contribution is 5.95. The molecule has 0 saturated carbocycles. The van der Waals surface area contributed by atoms with Crippen molar-refractivity contribution >= 4 is 23.0 Å². The van der Waals surface area contributed by atoms with Gasteiger partial charge >= 0.3 is 0 Å². The molecule has 2 aromatic carbocycles. The van der Waals surface area contributed by atoms with Crippen LogP contribution in [0.4, 0.5) is 5.69 Å². The molecule has 0 aliphatic rings. The zero-order valence-electron chi connectivity index (χ0n) is 13.7. The van der Waals surface area contributed by atoms with Gasteiger partial charge < -0.3 is 10.7 Å². The van der Waals surface area contributed by atoms with Gasteiger partial charge in [0.05, 0.1) is 5.69 Å². The Labute approximate surface area is 144 Å². The highest BCUT2D eigenvalue weighted by Crippen LogP contribution is 2.32. The second-order valence-electron chi connectivity index (χ2n) is 5.93. The van der Waals surface area contributed by atoms with Crippen LogP contribution in [0.15, 0.2) is 54.9 Å². The van der Waals surface area contributed by atoms with Gasteiger partial charge in [-0.05, 0) is 30.2 Å². The second-order valence-corrected chi connectivity index (χ2v) is 5.93. The molecule has 0 radical (unpaired) electrons. The molecule has 5 heteroatoms. The molecule has 4 aromatic rings. The number of hydrogen-bond donors (Lipinski definition) is 2. The summed E-state index contributed by atoms with van der Waals surface area (Å²) < 4.78 is 0. The fourth-order valence-corrected chi connectivity index (χ4v) is 2.96. The molecule has 0 aliphatic heterocycles. The van der Waals surface area contributed by atoms with E-state index < -0.39 is 0 Å². The minimum absolute atomic E-state index is 0.649. The molecule has 2 aromatic heterocycles. The first kappa shape index (κ1) is 15.1. The number of benzene rings is 2. The van der Waals surface area contributed by atoms with Gasteiger partial charge in [0.2, 0.25) is 0 Å². The smallest absolute Gasteiger partial charge is 0.150 e. The SMILES string of the molecule is Cc1c(N)cccc1-c1ncnc2[nH]c(-c3ccc(C=O)cc3)cc12. The number of aromatic amines is 1. The van der Waals surface area contributed by atoms with Gasteiger partial charge in [0.25, 0.3) is 0 Å². The van der Waals surface area contributed by atoms with Crippen molar-refractivity contribution in [3.05, 3.63) is 66.0 Å². The highest BCUT2D eigenvalue weighted by Gasteiger charge is 2.13. The van der Waals surface area contributed by atoms with Crippen molar-refractivity contribution in [3.63, 3.8) is 0 Å². The number of nitrogens with two attached hydrogens (primary N) is 1. The molecule has 4 rings (SSSR count). The number of hydrogen-bond acceptors (Lipinski definition) is 4. The van der Waals surface area contributed by atoms with Crippen LogP contribution in [-0.2, 0) is 0 Å². The number of nitrogen functional groups attached to an aromatic ring is 1. The minimum atomic E-state index is 0.649. The number of anilines is 1. The molecular weight excluding hydrogens is 312 g/mol. The summed E-state index contributed by atoms with van der Waals surface area (Å²) in [7, 11) is 0. The van der Waals surface area contributed by atoms with E-state index in [1.54, 1.807) is 18.5 Å². The van der Waals surface area contributed by atoms with Crippen molar-refractivity contribution in [1.82, 2.24) is 15.0 Å². The fourth-order valence-electron chi connectivity index (χ4n) is 2.96. The number of fused-ring (bicyclic) bond motifs is 1. The number of aromatic nitrogens is 3. The maximum absolute atomic E-state index is 10.8.